The fraction of sp³-hybridized carbons (Fsp3) is 0.375. The molecule has 0 radical (unpaired) electrons. The lowest BCUT2D eigenvalue weighted by atomic mass is 10.1. The largest absolute Gasteiger partial charge is 0.481 e. The molecule has 0 aromatic heterocycles. The zero-order chi connectivity index (χ0) is 7.98. The molecule has 1 N–H and O–H groups in total. The summed E-state index contributed by atoms with van der Waals surface area (Å²) in [6, 6.07) is 0. The van der Waals surface area contributed by atoms with Crippen LogP contribution in [-0.2, 0) is 4.79 Å². The molecule has 0 fully saturated rings. The molecule has 10 heavy (non-hydrogen) atoms. The molecule has 2 nitrogen and oxygen atoms in total. The molecule has 0 saturated heterocycles. The van der Waals surface area contributed by atoms with Crippen LogP contribution in [0, 0.1) is 5.92 Å². The Morgan fingerprint density at radius 3 is 2.80 bits per heavy atom. The van der Waals surface area contributed by atoms with Crippen molar-refractivity contribution in [1.82, 2.24) is 0 Å². The van der Waals surface area contributed by atoms with E-state index in [1.165, 1.54) is 0 Å². The Morgan fingerprint density at radius 1 is 1.80 bits per heavy atom. The fourth-order valence-electron chi connectivity index (χ4n) is 0.480. The highest BCUT2D eigenvalue weighted by molar-refractivity contribution is 5.69. The van der Waals surface area contributed by atoms with E-state index in [9.17, 15) is 4.79 Å². The summed E-state index contributed by atoms with van der Waals surface area (Å²) in [5.41, 5.74) is 0. The van der Waals surface area contributed by atoms with Crippen molar-refractivity contribution >= 4 is 5.97 Å². The maximum Gasteiger partial charge on any atom is 0.306 e. The predicted molar refractivity (Wildman–Crippen MR) is 40.8 cm³/mol. The van der Waals surface area contributed by atoms with Gasteiger partial charge in [0.05, 0.1) is 5.92 Å². The van der Waals surface area contributed by atoms with E-state index in [0.717, 1.165) is 0 Å². The van der Waals surface area contributed by atoms with E-state index in [2.05, 4.69) is 6.58 Å². The molecule has 1 atom stereocenters. The summed E-state index contributed by atoms with van der Waals surface area (Å²) in [6.45, 7) is 5.14. The molecule has 1 unspecified atom stereocenters. The highest BCUT2D eigenvalue weighted by Crippen LogP contribution is 2.01. The first-order valence-electron chi connectivity index (χ1n) is 3.19. The number of hydrogen-bond acceptors (Lipinski definition) is 1. The van der Waals surface area contributed by atoms with Crippen LogP contribution in [0.5, 0.6) is 0 Å². The molecule has 0 aliphatic carbocycles. The summed E-state index contributed by atoms with van der Waals surface area (Å²) < 4.78 is 0. The molecule has 2 heteroatoms. The van der Waals surface area contributed by atoms with Gasteiger partial charge in [-0.05, 0) is 6.42 Å². The molecular formula is C8H12O2. The summed E-state index contributed by atoms with van der Waals surface area (Å²) >= 11 is 0. The van der Waals surface area contributed by atoms with Gasteiger partial charge in [-0.25, -0.2) is 0 Å². The van der Waals surface area contributed by atoms with Crippen molar-refractivity contribution in [3.63, 3.8) is 0 Å². The number of allylic oxidation sites excluding steroid dienone is 3. The van der Waals surface area contributed by atoms with E-state index in [-0.39, 0.29) is 5.92 Å². The number of hydrogen-bond donors (Lipinski definition) is 1. The zero-order valence-corrected chi connectivity index (χ0v) is 6.08. The van der Waals surface area contributed by atoms with E-state index >= 15 is 0 Å². The second kappa shape index (κ2) is 4.79. The third kappa shape index (κ3) is 3.89. The van der Waals surface area contributed by atoms with Crippen molar-refractivity contribution < 1.29 is 9.90 Å². The average Bonchev–Trinajstić information content (AvgIpc) is 1.88. The minimum absolute atomic E-state index is 0.295. The number of carboxylic acid groups (broad SMARTS) is 1. The molecule has 0 aliphatic rings. The van der Waals surface area contributed by atoms with Crippen molar-refractivity contribution in [2.75, 3.05) is 0 Å². The van der Waals surface area contributed by atoms with Crippen LogP contribution in [0.15, 0.2) is 24.8 Å². The zero-order valence-electron chi connectivity index (χ0n) is 6.08. The van der Waals surface area contributed by atoms with Gasteiger partial charge in [0, 0.05) is 0 Å². The van der Waals surface area contributed by atoms with Crippen molar-refractivity contribution in [3.05, 3.63) is 24.8 Å². The second-order valence-corrected chi connectivity index (χ2v) is 2.14. The summed E-state index contributed by atoms with van der Waals surface area (Å²) in [4.78, 5) is 10.2. The fourth-order valence-corrected chi connectivity index (χ4v) is 0.480. The van der Waals surface area contributed by atoms with Crippen LogP contribution in [-0.4, -0.2) is 11.1 Å². The Balaban J connectivity index is 3.58. The molecule has 0 heterocycles. The van der Waals surface area contributed by atoms with Gasteiger partial charge in [-0.3, -0.25) is 4.79 Å². The third-order valence-corrected chi connectivity index (χ3v) is 1.18. The van der Waals surface area contributed by atoms with Gasteiger partial charge in [0.1, 0.15) is 0 Å². The van der Waals surface area contributed by atoms with E-state index in [0.29, 0.717) is 6.42 Å². The first-order chi connectivity index (χ1) is 4.68. The summed E-state index contributed by atoms with van der Waals surface area (Å²) in [5, 5.41) is 8.42. The molecular weight excluding hydrogens is 128 g/mol. The van der Waals surface area contributed by atoms with Crippen molar-refractivity contribution in [2.45, 2.75) is 13.3 Å². The highest BCUT2D eigenvalue weighted by atomic mass is 16.4. The van der Waals surface area contributed by atoms with E-state index in [1.807, 2.05) is 0 Å². The number of carbonyl (C=O) groups is 1. The Bertz CT molecular complexity index is 147. The molecule has 0 aromatic rings. The standard InChI is InChI=1S/C8H12O2/c1-3-4-5-6-7(2)8(9)10/h3-5,7H,1,6H2,2H3,(H,9,10)/b5-4+. The van der Waals surface area contributed by atoms with Crippen LogP contribution in [0.4, 0.5) is 0 Å². The Morgan fingerprint density at radius 2 is 2.40 bits per heavy atom. The third-order valence-electron chi connectivity index (χ3n) is 1.18. The van der Waals surface area contributed by atoms with Crippen molar-refractivity contribution in [3.8, 4) is 0 Å². The van der Waals surface area contributed by atoms with Crippen LogP contribution in [0.1, 0.15) is 13.3 Å². The smallest absolute Gasteiger partial charge is 0.306 e. The van der Waals surface area contributed by atoms with Crippen LogP contribution in [0.25, 0.3) is 0 Å². The molecule has 0 saturated carbocycles. The maximum atomic E-state index is 10.2. The van der Waals surface area contributed by atoms with Gasteiger partial charge in [0.15, 0.2) is 0 Å². The molecule has 0 bridgehead atoms. The Kier molecular flexibility index (Phi) is 4.29. The van der Waals surface area contributed by atoms with Gasteiger partial charge in [0.2, 0.25) is 0 Å². The summed E-state index contributed by atoms with van der Waals surface area (Å²) in [5.74, 6) is -1.05. The highest BCUT2D eigenvalue weighted by Gasteiger charge is 2.06. The molecule has 0 aromatic carbocycles. The van der Waals surface area contributed by atoms with Crippen LogP contribution >= 0.6 is 0 Å². The first kappa shape index (κ1) is 8.95. The molecule has 0 amide bonds. The predicted octanol–water partition coefficient (Wildman–Crippen LogP) is 1.84. The summed E-state index contributed by atoms with van der Waals surface area (Å²) in [6.07, 6.45) is 5.75. The van der Waals surface area contributed by atoms with E-state index in [4.69, 9.17) is 5.11 Å². The van der Waals surface area contributed by atoms with Gasteiger partial charge in [0.25, 0.3) is 0 Å². The second-order valence-electron chi connectivity index (χ2n) is 2.14. The lowest BCUT2D eigenvalue weighted by Crippen LogP contribution is -2.07. The molecule has 0 rings (SSSR count). The van der Waals surface area contributed by atoms with Crippen LogP contribution in [0.2, 0.25) is 0 Å². The molecule has 0 spiro atoms. The van der Waals surface area contributed by atoms with Crippen molar-refractivity contribution in [2.24, 2.45) is 5.92 Å². The summed E-state index contributed by atoms with van der Waals surface area (Å²) in [7, 11) is 0. The number of aliphatic carboxylic acids is 1. The van der Waals surface area contributed by atoms with Crippen molar-refractivity contribution in [1.29, 1.82) is 0 Å². The monoisotopic (exact) mass is 140 g/mol. The van der Waals surface area contributed by atoms with Gasteiger partial charge in [-0.1, -0.05) is 31.7 Å². The lowest BCUT2D eigenvalue weighted by Gasteiger charge is -1.98. The van der Waals surface area contributed by atoms with Gasteiger partial charge < -0.3 is 5.11 Å². The Hall–Kier alpha value is -1.05. The topological polar surface area (TPSA) is 37.3 Å². The molecule has 56 valence electrons. The van der Waals surface area contributed by atoms with Gasteiger partial charge in [-0.2, -0.15) is 0 Å². The minimum atomic E-state index is -0.756. The lowest BCUT2D eigenvalue weighted by molar-refractivity contribution is -0.140. The number of rotatable bonds is 4. The van der Waals surface area contributed by atoms with Gasteiger partial charge >= 0.3 is 5.97 Å². The minimum Gasteiger partial charge on any atom is -0.481 e. The normalized spacial score (nSPS) is 13.3. The SMILES string of the molecule is C=C/C=C/CC(C)C(=O)O. The van der Waals surface area contributed by atoms with Crippen LogP contribution in [0.3, 0.4) is 0 Å². The quantitative estimate of drug-likeness (QED) is 0.605. The maximum absolute atomic E-state index is 10.2. The number of carboxylic acids is 1. The van der Waals surface area contributed by atoms with Gasteiger partial charge in [-0.15, -0.1) is 0 Å². The molecule has 0 aliphatic heterocycles. The average molecular weight is 140 g/mol. The van der Waals surface area contributed by atoms with Crippen LogP contribution < -0.4 is 0 Å². The van der Waals surface area contributed by atoms with E-state index < -0.39 is 5.97 Å². The first-order valence-corrected chi connectivity index (χ1v) is 3.19. The Labute approximate surface area is 60.9 Å². The van der Waals surface area contributed by atoms with E-state index in [1.54, 1.807) is 25.2 Å².